The smallest absolute Gasteiger partial charge is 0.260 e. The van der Waals surface area contributed by atoms with E-state index in [1.54, 1.807) is 11.6 Å². The number of ether oxygens (including phenoxy) is 1. The molecule has 19 heavy (non-hydrogen) atoms. The standard InChI is InChI=1S/C10H12ClN3O3S2/c11-8-9(14-3-5-18-10(14)12-8)19(15,16)13-7-2-1-4-17-6-7/h3,5,7,13H,1-2,4,6H2. The largest absolute Gasteiger partial charge is 0.380 e. The van der Waals surface area contributed by atoms with Crippen LogP contribution in [0.15, 0.2) is 16.6 Å². The minimum absolute atomic E-state index is 0.00363. The van der Waals surface area contributed by atoms with Crippen molar-refractivity contribution in [3.05, 3.63) is 16.7 Å². The van der Waals surface area contributed by atoms with Crippen LogP contribution in [0.5, 0.6) is 0 Å². The monoisotopic (exact) mass is 321 g/mol. The van der Waals surface area contributed by atoms with E-state index < -0.39 is 10.0 Å². The molecule has 2 aromatic rings. The second-order valence-corrected chi connectivity index (χ2v) is 7.16. The van der Waals surface area contributed by atoms with Gasteiger partial charge in [-0.05, 0) is 12.8 Å². The van der Waals surface area contributed by atoms with Gasteiger partial charge in [-0.3, -0.25) is 4.40 Å². The van der Waals surface area contributed by atoms with Crippen molar-refractivity contribution in [3.8, 4) is 0 Å². The van der Waals surface area contributed by atoms with Crippen LogP contribution in [0.2, 0.25) is 5.15 Å². The van der Waals surface area contributed by atoms with Crippen LogP contribution in [0.25, 0.3) is 4.96 Å². The van der Waals surface area contributed by atoms with Crippen LogP contribution in [0.3, 0.4) is 0 Å². The molecule has 6 nitrogen and oxygen atoms in total. The van der Waals surface area contributed by atoms with Gasteiger partial charge in [0, 0.05) is 24.2 Å². The Bertz CT molecular complexity index is 688. The molecule has 1 atom stereocenters. The Morgan fingerprint density at radius 3 is 3.16 bits per heavy atom. The molecule has 0 amide bonds. The SMILES string of the molecule is O=S(=O)(NC1CCCOC1)c1c(Cl)nc2sccn12. The lowest BCUT2D eigenvalue weighted by atomic mass is 10.1. The third kappa shape index (κ3) is 2.50. The van der Waals surface area contributed by atoms with Gasteiger partial charge in [0.1, 0.15) is 0 Å². The van der Waals surface area contributed by atoms with Crippen molar-refractivity contribution in [2.75, 3.05) is 13.2 Å². The van der Waals surface area contributed by atoms with Crippen LogP contribution < -0.4 is 4.72 Å². The summed E-state index contributed by atoms with van der Waals surface area (Å²) >= 11 is 7.27. The molecule has 1 saturated heterocycles. The first-order valence-corrected chi connectivity index (χ1v) is 8.53. The topological polar surface area (TPSA) is 72.7 Å². The minimum Gasteiger partial charge on any atom is -0.380 e. The predicted octanol–water partition coefficient (Wildman–Crippen LogP) is 1.51. The molecule has 0 aliphatic carbocycles. The van der Waals surface area contributed by atoms with Crippen molar-refractivity contribution in [2.45, 2.75) is 23.9 Å². The van der Waals surface area contributed by atoms with Crippen molar-refractivity contribution < 1.29 is 13.2 Å². The molecule has 9 heteroatoms. The molecule has 0 bridgehead atoms. The number of hydrogen-bond donors (Lipinski definition) is 1. The van der Waals surface area contributed by atoms with E-state index in [9.17, 15) is 8.42 Å². The van der Waals surface area contributed by atoms with Crippen molar-refractivity contribution >= 4 is 37.9 Å². The Labute approximate surface area is 119 Å². The summed E-state index contributed by atoms with van der Waals surface area (Å²) in [6.45, 7) is 1.07. The summed E-state index contributed by atoms with van der Waals surface area (Å²) in [5.74, 6) is 0. The number of aromatic nitrogens is 2. The normalized spacial score (nSPS) is 21.0. The highest BCUT2D eigenvalue weighted by molar-refractivity contribution is 7.89. The average molecular weight is 322 g/mol. The van der Waals surface area contributed by atoms with Crippen molar-refractivity contribution in [3.63, 3.8) is 0 Å². The zero-order valence-electron chi connectivity index (χ0n) is 9.87. The van der Waals surface area contributed by atoms with Crippen LogP contribution >= 0.6 is 22.9 Å². The molecule has 2 aromatic heterocycles. The van der Waals surface area contributed by atoms with Gasteiger partial charge in [0.25, 0.3) is 10.0 Å². The Balaban J connectivity index is 1.94. The maximum atomic E-state index is 12.4. The third-order valence-corrected chi connectivity index (χ3v) is 5.59. The van der Waals surface area contributed by atoms with E-state index in [1.165, 1.54) is 15.7 Å². The first-order valence-electron chi connectivity index (χ1n) is 5.79. The molecule has 104 valence electrons. The maximum Gasteiger partial charge on any atom is 0.260 e. The minimum atomic E-state index is -3.70. The zero-order valence-corrected chi connectivity index (χ0v) is 12.3. The quantitative estimate of drug-likeness (QED) is 0.930. The van der Waals surface area contributed by atoms with Gasteiger partial charge in [0.15, 0.2) is 15.1 Å². The number of thiazole rings is 1. The van der Waals surface area contributed by atoms with E-state index >= 15 is 0 Å². The van der Waals surface area contributed by atoms with Crippen LogP contribution in [0.4, 0.5) is 0 Å². The second kappa shape index (κ2) is 5.02. The number of hydrogen-bond acceptors (Lipinski definition) is 5. The van der Waals surface area contributed by atoms with Gasteiger partial charge in [-0.25, -0.2) is 18.1 Å². The number of halogens is 1. The summed E-state index contributed by atoms with van der Waals surface area (Å²) < 4.78 is 34.2. The fraction of sp³-hybridized carbons (Fsp3) is 0.500. The second-order valence-electron chi connectivity index (χ2n) is 4.30. The fourth-order valence-electron chi connectivity index (χ4n) is 2.09. The Morgan fingerprint density at radius 1 is 1.58 bits per heavy atom. The third-order valence-electron chi connectivity index (χ3n) is 2.92. The van der Waals surface area contributed by atoms with Gasteiger partial charge in [0.2, 0.25) is 0 Å². The molecule has 1 N–H and O–H groups in total. The van der Waals surface area contributed by atoms with E-state index in [4.69, 9.17) is 16.3 Å². The molecular weight excluding hydrogens is 310 g/mol. The van der Waals surface area contributed by atoms with Gasteiger partial charge in [-0.2, -0.15) is 0 Å². The van der Waals surface area contributed by atoms with Crippen LogP contribution in [0.1, 0.15) is 12.8 Å². The molecule has 0 radical (unpaired) electrons. The highest BCUT2D eigenvalue weighted by Gasteiger charge is 2.28. The Hall–Kier alpha value is -0.670. The number of nitrogens with one attached hydrogen (secondary N) is 1. The molecule has 0 saturated carbocycles. The first-order chi connectivity index (χ1) is 9.08. The molecule has 1 fully saturated rings. The lowest BCUT2D eigenvalue weighted by molar-refractivity contribution is 0.0774. The highest BCUT2D eigenvalue weighted by atomic mass is 35.5. The molecule has 0 spiro atoms. The van der Waals surface area contributed by atoms with Gasteiger partial charge in [0.05, 0.1) is 6.61 Å². The lowest BCUT2D eigenvalue weighted by Gasteiger charge is -2.22. The molecule has 1 aliphatic heterocycles. The number of nitrogens with zero attached hydrogens (tertiary/aromatic N) is 2. The van der Waals surface area contributed by atoms with E-state index in [1.807, 2.05) is 0 Å². The Morgan fingerprint density at radius 2 is 2.42 bits per heavy atom. The summed E-state index contributed by atoms with van der Waals surface area (Å²) in [4.78, 5) is 4.59. The van der Waals surface area contributed by atoms with Crippen molar-refractivity contribution in [1.82, 2.24) is 14.1 Å². The molecule has 1 aliphatic rings. The van der Waals surface area contributed by atoms with Gasteiger partial charge >= 0.3 is 0 Å². The first kappa shape index (κ1) is 13.3. The summed E-state index contributed by atoms with van der Waals surface area (Å²) in [5, 5.41) is 1.76. The van der Waals surface area contributed by atoms with E-state index in [2.05, 4.69) is 9.71 Å². The molecule has 0 aromatic carbocycles. The lowest BCUT2D eigenvalue weighted by Crippen LogP contribution is -2.40. The number of imidazole rings is 1. The van der Waals surface area contributed by atoms with E-state index in [-0.39, 0.29) is 16.2 Å². The molecule has 1 unspecified atom stereocenters. The molecule has 3 rings (SSSR count). The summed E-state index contributed by atoms with van der Waals surface area (Å²) in [5.41, 5.74) is 0. The molecule has 3 heterocycles. The van der Waals surface area contributed by atoms with Gasteiger partial charge in [-0.15, -0.1) is 11.3 Å². The summed E-state index contributed by atoms with van der Waals surface area (Å²) in [7, 11) is -3.70. The van der Waals surface area contributed by atoms with Crippen LogP contribution in [0, 0.1) is 0 Å². The number of fused-ring (bicyclic) bond motifs is 1. The van der Waals surface area contributed by atoms with Crippen LogP contribution in [-0.4, -0.2) is 37.1 Å². The van der Waals surface area contributed by atoms with E-state index in [0.29, 0.717) is 18.2 Å². The van der Waals surface area contributed by atoms with Crippen molar-refractivity contribution in [1.29, 1.82) is 0 Å². The Kier molecular flexibility index (Phi) is 3.52. The summed E-state index contributed by atoms with van der Waals surface area (Å²) in [6.07, 6.45) is 3.26. The highest BCUT2D eigenvalue weighted by Crippen LogP contribution is 2.25. The fourth-order valence-corrected chi connectivity index (χ4v) is 4.80. The maximum absolute atomic E-state index is 12.4. The number of sulfonamides is 1. The van der Waals surface area contributed by atoms with Crippen molar-refractivity contribution in [2.24, 2.45) is 0 Å². The van der Waals surface area contributed by atoms with Gasteiger partial charge < -0.3 is 4.74 Å². The van der Waals surface area contributed by atoms with Gasteiger partial charge in [-0.1, -0.05) is 11.6 Å². The zero-order chi connectivity index (χ0) is 13.5. The summed E-state index contributed by atoms with van der Waals surface area (Å²) in [6, 6.07) is -0.209. The average Bonchev–Trinajstić information content (AvgIpc) is 2.88. The molecular formula is C10H12ClN3O3S2. The van der Waals surface area contributed by atoms with E-state index in [0.717, 1.165) is 12.8 Å². The predicted molar refractivity (Wildman–Crippen MR) is 72.2 cm³/mol. The number of rotatable bonds is 3. The van der Waals surface area contributed by atoms with Crippen LogP contribution in [-0.2, 0) is 14.8 Å².